The molecule has 1 saturated heterocycles. The number of aromatic nitrogens is 1. The molecule has 0 bridgehead atoms. The van der Waals surface area contributed by atoms with Gasteiger partial charge in [-0.1, -0.05) is 82.5 Å². The van der Waals surface area contributed by atoms with Crippen LogP contribution in [0.25, 0.3) is 0 Å². The minimum Gasteiger partial charge on any atom is -0.423 e. The van der Waals surface area contributed by atoms with Crippen LogP contribution >= 0.6 is 11.6 Å². The smallest absolute Gasteiger partial charge is 0.220 e. The maximum atomic E-state index is 6.92. The van der Waals surface area contributed by atoms with Crippen LogP contribution in [0.5, 0.6) is 0 Å². The Bertz CT molecular complexity index is 1280. The van der Waals surface area contributed by atoms with Crippen LogP contribution in [0.15, 0.2) is 59.0 Å². The molecular weight excluding hydrogens is 564 g/mol. The molecule has 0 radical (unpaired) electrons. The summed E-state index contributed by atoms with van der Waals surface area (Å²) in [5.41, 5.74) is 3.57. The van der Waals surface area contributed by atoms with Gasteiger partial charge in [-0.3, -0.25) is 4.90 Å². The summed E-state index contributed by atoms with van der Waals surface area (Å²) in [6, 6.07) is 19.1. The van der Waals surface area contributed by atoms with E-state index in [-0.39, 0.29) is 11.6 Å². The van der Waals surface area contributed by atoms with E-state index < -0.39 is 0 Å². The van der Waals surface area contributed by atoms with Gasteiger partial charge in [0, 0.05) is 35.8 Å². The number of nitrogens with zero attached hydrogens (tertiary/aromatic N) is 3. The summed E-state index contributed by atoms with van der Waals surface area (Å²) in [5.74, 6) is 4.56. The van der Waals surface area contributed by atoms with E-state index in [0.717, 1.165) is 67.2 Å². The maximum Gasteiger partial charge on any atom is 0.220 e. The van der Waals surface area contributed by atoms with Crippen molar-refractivity contribution in [3.05, 3.63) is 76.8 Å². The van der Waals surface area contributed by atoms with Gasteiger partial charge in [0.25, 0.3) is 0 Å². The minimum atomic E-state index is 0.0313. The molecule has 44 heavy (non-hydrogen) atoms. The van der Waals surface area contributed by atoms with Crippen molar-refractivity contribution in [3.63, 3.8) is 0 Å². The zero-order valence-electron chi connectivity index (χ0n) is 28.0. The monoisotopic (exact) mass is 618 g/mol. The number of hydrogen-bond donors (Lipinski definition) is 1. The Morgan fingerprint density at radius 2 is 1.59 bits per heavy atom. The largest absolute Gasteiger partial charge is 0.423 e. The van der Waals surface area contributed by atoms with Crippen LogP contribution in [0.1, 0.15) is 103 Å². The number of anilines is 2. The van der Waals surface area contributed by atoms with Crippen LogP contribution < -0.4 is 10.2 Å². The second kappa shape index (κ2) is 14.7. The van der Waals surface area contributed by atoms with Gasteiger partial charge in [-0.15, -0.1) is 0 Å². The van der Waals surface area contributed by atoms with E-state index in [2.05, 4.69) is 99.1 Å². The van der Waals surface area contributed by atoms with Crippen LogP contribution in [0.4, 0.5) is 11.6 Å². The number of piperidine rings is 1. The Kier molecular flexibility index (Phi) is 11.0. The van der Waals surface area contributed by atoms with E-state index in [4.69, 9.17) is 21.0 Å². The summed E-state index contributed by atoms with van der Waals surface area (Å²) in [6.07, 6.45) is 8.18. The normalized spacial score (nSPS) is 23.6. The number of rotatable bonds is 12. The summed E-state index contributed by atoms with van der Waals surface area (Å²) in [7, 11) is 0. The van der Waals surface area contributed by atoms with Crippen LogP contribution in [0.3, 0.4) is 0 Å². The van der Waals surface area contributed by atoms with Gasteiger partial charge in [0.15, 0.2) is 0 Å². The number of nitrogens with one attached hydrogen (secondary N) is 1. The van der Waals surface area contributed by atoms with Crippen molar-refractivity contribution in [2.45, 2.75) is 98.1 Å². The molecule has 1 aliphatic carbocycles. The third-order valence-corrected chi connectivity index (χ3v) is 10.6. The van der Waals surface area contributed by atoms with Gasteiger partial charge >= 0.3 is 0 Å². The van der Waals surface area contributed by atoms with Crippen LogP contribution in [0.2, 0.25) is 5.02 Å². The fraction of sp³-hybridized carbons (Fsp3) is 0.605. The molecule has 3 atom stereocenters. The SMILES string of the molecule is CCN(CC)C(CC1CCC(C(C)(C)Nc2ccc(Cl)cc2)CC1)c1nc(Cc2ccccc2)c(N2CC(C)CC(C)C2)o1. The Balaban J connectivity index is 1.33. The Morgan fingerprint density at radius 3 is 2.20 bits per heavy atom. The van der Waals surface area contributed by atoms with Gasteiger partial charge in [-0.25, -0.2) is 4.98 Å². The summed E-state index contributed by atoms with van der Waals surface area (Å²) >= 11 is 6.13. The fourth-order valence-electron chi connectivity index (χ4n) is 8.00. The number of halogens is 1. The first-order valence-electron chi connectivity index (χ1n) is 17.2. The van der Waals surface area contributed by atoms with Crippen molar-refractivity contribution in [2.24, 2.45) is 23.7 Å². The highest BCUT2D eigenvalue weighted by Gasteiger charge is 2.36. The molecule has 6 heteroatoms. The molecule has 5 rings (SSSR count). The maximum absolute atomic E-state index is 6.92. The molecule has 2 heterocycles. The second-order valence-electron chi connectivity index (χ2n) is 14.4. The molecule has 3 aromatic rings. The van der Waals surface area contributed by atoms with E-state index in [1.165, 1.54) is 37.7 Å². The summed E-state index contributed by atoms with van der Waals surface area (Å²) in [5, 5.41) is 4.58. The minimum absolute atomic E-state index is 0.0313. The lowest BCUT2D eigenvalue weighted by Crippen LogP contribution is -2.41. The molecule has 0 spiro atoms. The Hall–Kier alpha value is -2.50. The van der Waals surface area contributed by atoms with Gasteiger partial charge in [0.05, 0.1) is 6.04 Å². The van der Waals surface area contributed by atoms with Crippen LogP contribution in [0, 0.1) is 23.7 Å². The topological polar surface area (TPSA) is 44.5 Å². The molecule has 2 aromatic carbocycles. The van der Waals surface area contributed by atoms with Gasteiger partial charge in [-0.2, -0.15) is 0 Å². The zero-order valence-corrected chi connectivity index (χ0v) is 28.7. The Morgan fingerprint density at radius 1 is 0.955 bits per heavy atom. The van der Waals surface area contributed by atoms with E-state index in [0.29, 0.717) is 23.7 Å². The summed E-state index contributed by atoms with van der Waals surface area (Å²) in [6.45, 7) is 18.1. The molecule has 240 valence electrons. The lowest BCUT2D eigenvalue weighted by atomic mass is 9.71. The van der Waals surface area contributed by atoms with Crippen LogP contribution in [-0.4, -0.2) is 41.6 Å². The van der Waals surface area contributed by atoms with E-state index >= 15 is 0 Å². The summed E-state index contributed by atoms with van der Waals surface area (Å²) < 4.78 is 6.92. The summed E-state index contributed by atoms with van der Waals surface area (Å²) in [4.78, 5) is 10.4. The lowest BCUT2D eigenvalue weighted by molar-refractivity contribution is 0.128. The van der Waals surface area contributed by atoms with Crippen molar-refractivity contribution in [2.75, 3.05) is 36.4 Å². The predicted octanol–water partition coefficient (Wildman–Crippen LogP) is 9.87. The van der Waals surface area contributed by atoms with Gasteiger partial charge in [-0.05, 0) is 106 Å². The fourth-order valence-corrected chi connectivity index (χ4v) is 8.12. The first kappa shape index (κ1) is 32.9. The molecule has 0 amide bonds. The van der Waals surface area contributed by atoms with E-state index in [1.807, 2.05) is 12.1 Å². The standard InChI is InChI=1S/C38H55ClN4O/c1-7-42(8-2)35(24-30-14-16-31(17-15-30)38(5,6)41-33-20-18-32(39)19-21-33)36-40-34(23-29-12-10-9-11-13-29)37(44-36)43-25-27(3)22-28(4)26-43/h9-13,18-21,27-28,30-31,35,41H,7-8,14-17,22-26H2,1-6H3. The number of benzene rings is 2. The van der Waals surface area contributed by atoms with Crippen molar-refractivity contribution in [3.8, 4) is 0 Å². The first-order valence-corrected chi connectivity index (χ1v) is 17.6. The Labute approximate surface area is 271 Å². The molecule has 5 nitrogen and oxygen atoms in total. The third-order valence-electron chi connectivity index (χ3n) is 10.3. The van der Waals surface area contributed by atoms with Crippen molar-refractivity contribution in [1.82, 2.24) is 9.88 Å². The molecule has 1 aromatic heterocycles. The van der Waals surface area contributed by atoms with Gasteiger partial charge < -0.3 is 14.6 Å². The number of oxazole rings is 1. The first-order chi connectivity index (χ1) is 21.1. The predicted molar refractivity (Wildman–Crippen MR) is 186 cm³/mol. The molecule has 3 unspecified atom stereocenters. The molecule has 2 aliphatic rings. The highest BCUT2D eigenvalue weighted by molar-refractivity contribution is 6.30. The van der Waals surface area contributed by atoms with E-state index in [9.17, 15) is 0 Å². The van der Waals surface area contributed by atoms with Crippen molar-refractivity contribution < 1.29 is 4.42 Å². The zero-order chi connectivity index (χ0) is 31.3. The van der Waals surface area contributed by atoms with Gasteiger partial charge in [0.2, 0.25) is 11.8 Å². The lowest BCUT2D eigenvalue weighted by Gasteiger charge is -2.41. The second-order valence-corrected chi connectivity index (χ2v) is 14.8. The van der Waals surface area contributed by atoms with E-state index in [1.54, 1.807) is 0 Å². The highest BCUT2D eigenvalue weighted by atomic mass is 35.5. The average molecular weight is 619 g/mol. The van der Waals surface area contributed by atoms with Crippen LogP contribution in [-0.2, 0) is 6.42 Å². The molecule has 2 fully saturated rings. The highest BCUT2D eigenvalue weighted by Crippen LogP contribution is 2.42. The molecule has 1 aliphatic heterocycles. The van der Waals surface area contributed by atoms with Gasteiger partial charge in [0.1, 0.15) is 5.69 Å². The number of hydrogen-bond acceptors (Lipinski definition) is 5. The third kappa shape index (κ3) is 8.20. The van der Waals surface area contributed by atoms with Crippen molar-refractivity contribution in [1.29, 1.82) is 0 Å². The molecular formula is C38H55ClN4O. The quantitative estimate of drug-likeness (QED) is 0.219. The molecule has 1 N–H and O–H groups in total. The average Bonchev–Trinajstić information content (AvgIpc) is 3.42. The molecule has 1 saturated carbocycles. The van der Waals surface area contributed by atoms with Crippen molar-refractivity contribution >= 4 is 23.2 Å².